The molecule has 1 saturated heterocycles. The lowest BCUT2D eigenvalue weighted by Crippen LogP contribution is -2.22. The molecule has 7 heteroatoms. The summed E-state index contributed by atoms with van der Waals surface area (Å²) >= 11 is 6.63. The molecule has 128 valence electrons. The number of carbonyl (C=O) groups excluding carboxylic acids is 2. The Morgan fingerprint density at radius 1 is 1.20 bits per heavy atom. The Labute approximate surface area is 171 Å². The Kier molecular flexibility index (Phi) is 5.85. The molecule has 0 bridgehead atoms. The van der Waals surface area contributed by atoms with Crippen LogP contribution in [0.5, 0.6) is 5.75 Å². The quantitative estimate of drug-likeness (QED) is 0.398. The molecule has 1 aliphatic rings. The molecule has 0 aromatic heterocycles. The van der Waals surface area contributed by atoms with Gasteiger partial charge in [0.25, 0.3) is 11.1 Å². The van der Waals surface area contributed by atoms with Gasteiger partial charge in [0.2, 0.25) is 0 Å². The van der Waals surface area contributed by atoms with Gasteiger partial charge >= 0.3 is 0 Å². The second-order valence-corrected chi connectivity index (χ2v) is 8.49. The van der Waals surface area contributed by atoms with E-state index in [2.05, 4.69) is 38.5 Å². The van der Waals surface area contributed by atoms with Crippen LogP contribution in [0.3, 0.4) is 0 Å². The van der Waals surface area contributed by atoms with E-state index in [-0.39, 0.29) is 11.1 Å². The lowest BCUT2D eigenvalue weighted by atomic mass is 10.1. The van der Waals surface area contributed by atoms with Crippen molar-refractivity contribution in [1.82, 2.24) is 4.90 Å². The molecule has 1 heterocycles. The van der Waals surface area contributed by atoms with Crippen LogP contribution in [0.4, 0.5) is 4.79 Å². The zero-order valence-electron chi connectivity index (χ0n) is 13.2. The van der Waals surface area contributed by atoms with Crippen molar-refractivity contribution >= 4 is 67.5 Å². The summed E-state index contributed by atoms with van der Waals surface area (Å²) < 4.78 is 7.97. The Morgan fingerprint density at radius 3 is 2.56 bits per heavy atom. The van der Waals surface area contributed by atoms with Crippen molar-refractivity contribution in [1.29, 1.82) is 0 Å². The molecular formula is C18H13BrINO3S. The lowest BCUT2D eigenvalue weighted by Gasteiger charge is -2.10. The first-order chi connectivity index (χ1) is 11.9. The highest BCUT2D eigenvalue weighted by molar-refractivity contribution is 14.1. The van der Waals surface area contributed by atoms with E-state index in [0.717, 1.165) is 32.3 Å². The maximum Gasteiger partial charge on any atom is 0.293 e. The van der Waals surface area contributed by atoms with Gasteiger partial charge in [-0.2, -0.15) is 0 Å². The first-order valence-corrected chi connectivity index (χ1v) is 10.0. The molecule has 2 amide bonds. The fourth-order valence-electron chi connectivity index (χ4n) is 2.19. The summed E-state index contributed by atoms with van der Waals surface area (Å²) in [4.78, 5) is 25.3. The SMILES string of the molecule is CN1C(=O)S/C(=C\c2cc(Br)ccc2OCc2ccc(I)cc2)C1=O. The number of imide groups is 1. The third-order valence-corrected chi connectivity index (χ3v) is 5.73. The monoisotopic (exact) mass is 529 g/mol. The molecule has 2 aromatic carbocycles. The Bertz CT molecular complexity index is 867. The number of hydrogen-bond acceptors (Lipinski definition) is 4. The first-order valence-electron chi connectivity index (χ1n) is 7.32. The van der Waals surface area contributed by atoms with E-state index in [4.69, 9.17) is 4.74 Å². The molecule has 0 aliphatic carbocycles. The van der Waals surface area contributed by atoms with Crippen molar-refractivity contribution in [3.63, 3.8) is 0 Å². The number of nitrogens with zero attached hydrogens (tertiary/aromatic N) is 1. The lowest BCUT2D eigenvalue weighted by molar-refractivity contribution is -0.121. The molecule has 1 fully saturated rings. The number of thioether (sulfide) groups is 1. The summed E-state index contributed by atoms with van der Waals surface area (Å²) in [6.07, 6.45) is 1.70. The molecule has 4 nitrogen and oxygen atoms in total. The maximum atomic E-state index is 12.1. The van der Waals surface area contributed by atoms with Gasteiger partial charge in [-0.3, -0.25) is 14.5 Å². The Morgan fingerprint density at radius 2 is 1.92 bits per heavy atom. The number of benzene rings is 2. The third-order valence-electron chi connectivity index (χ3n) is 3.55. The van der Waals surface area contributed by atoms with Gasteiger partial charge < -0.3 is 4.74 Å². The van der Waals surface area contributed by atoms with Gasteiger partial charge in [-0.15, -0.1) is 0 Å². The summed E-state index contributed by atoms with van der Waals surface area (Å²) in [6.45, 7) is 0.425. The zero-order valence-corrected chi connectivity index (χ0v) is 17.7. The molecule has 0 atom stereocenters. The highest BCUT2D eigenvalue weighted by Gasteiger charge is 2.32. The maximum absolute atomic E-state index is 12.1. The number of rotatable bonds is 4. The average molecular weight is 530 g/mol. The predicted molar refractivity (Wildman–Crippen MR) is 111 cm³/mol. The largest absolute Gasteiger partial charge is 0.488 e. The van der Waals surface area contributed by atoms with Crippen LogP contribution in [0.25, 0.3) is 6.08 Å². The second-order valence-electron chi connectivity index (χ2n) is 5.34. The topological polar surface area (TPSA) is 46.6 Å². The average Bonchev–Trinajstić information content (AvgIpc) is 2.83. The van der Waals surface area contributed by atoms with Crippen molar-refractivity contribution in [2.75, 3.05) is 7.05 Å². The summed E-state index contributed by atoms with van der Waals surface area (Å²) in [5.41, 5.74) is 1.81. The van der Waals surface area contributed by atoms with Crippen LogP contribution in [0.15, 0.2) is 51.8 Å². The van der Waals surface area contributed by atoms with Gasteiger partial charge in [-0.25, -0.2) is 0 Å². The molecule has 0 radical (unpaired) electrons. The fraction of sp³-hybridized carbons (Fsp3) is 0.111. The minimum Gasteiger partial charge on any atom is -0.488 e. The van der Waals surface area contributed by atoms with Gasteiger partial charge in [0.05, 0.1) is 4.91 Å². The zero-order chi connectivity index (χ0) is 18.0. The molecule has 0 N–H and O–H groups in total. The minimum atomic E-state index is -0.293. The van der Waals surface area contributed by atoms with Crippen LogP contribution in [0, 0.1) is 3.57 Å². The summed E-state index contributed by atoms with van der Waals surface area (Å²) in [5.74, 6) is 0.364. The highest BCUT2D eigenvalue weighted by Crippen LogP contribution is 2.34. The number of carbonyl (C=O) groups is 2. The molecule has 2 aromatic rings. The van der Waals surface area contributed by atoms with Crippen molar-refractivity contribution < 1.29 is 14.3 Å². The highest BCUT2D eigenvalue weighted by atomic mass is 127. The van der Waals surface area contributed by atoms with Gasteiger partial charge in [-0.05, 0) is 76.3 Å². The predicted octanol–water partition coefficient (Wildman–Crippen LogP) is 5.30. The van der Waals surface area contributed by atoms with Crippen LogP contribution in [-0.2, 0) is 11.4 Å². The Balaban J connectivity index is 1.84. The van der Waals surface area contributed by atoms with Crippen molar-refractivity contribution in [2.45, 2.75) is 6.61 Å². The van der Waals surface area contributed by atoms with Crippen LogP contribution in [0.2, 0.25) is 0 Å². The molecule has 3 rings (SSSR count). The van der Waals surface area contributed by atoms with Crippen LogP contribution in [-0.4, -0.2) is 23.1 Å². The normalized spacial score (nSPS) is 16.0. The fourth-order valence-corrected chi connectivity index (χ4v) is 3.75. The number of ether oxygens (including phenoxy) is 1. The van der Waals surface area contributed by atoms with E-state index in [1.807, 2.05) is 42.5 Å². The molecule has 25 heavy (non-hydrogen) atoms. The second kappa shape index (κ2) is 7.92. The number of halogens is 2. The molecular weight excluding hydrogens is 517 g/mol. The van der Waals surface area contributed by atoms with Gasteiger partial charge in [-0.1, -0.05) is 28.1 Å². The van der Waals surface area contributed by atoms with E-state index < -0.39 is 0 Å². The Hall–Kier alpha value is -1.32. The summed E-state index contributed by atoms with van der Waals surface area (Å²) in [5, 5.41) is -0.271. The molecule has 0 saturated carbocycles. The van der Waals surface area contributed by atoms with Crippen LogP contribution in [0.1, 0.15) is 11.1 Å². The van der Waals surface area contributed by atoms with E-state index in [9.17, 15) is 9.59 Å². The van der Waals surface area contributed by atoms with E-state index in [0.29, 0.717) is 17.3 Å². The smallest absolute Gasteiger partial charge is 0.293 e. The number of amides is 2. The molecule has 0 unspecified atom stereocenters. The van der Waals surface area contributed by atoms with Crippen LogP contribution < -0.4 is 4.74 Å². The van der Waals surface area contributed by atoms with E-state index in [1.165, 1.54) is 10.6 Å². The summed E-state index contributed by atoms with van der Waals surface area (Å²) in [6, 6.07) is 13.7. The van der Waals surface area contributed by atoms with Gasteiger partial charge in [0.15, 0.2) is 0 Å². The van der Waals surface area contributed by atoms with E-state index >= 15 is 0 Å². The van der Waals surface area contributed by atoms with Crippen molar-refractivity contribution in [3.05, 3.63) is 66.5 Å². The molecule has 1 aliphatic heterocycles. The third kappa shape index (κ3) is 4.45. The van der Waals surface area contributed by atoms with Crippen molar-refractivity contribution in [3.8, 4) is 5.75 Å². The van der Waals surface area contributed by atoms with Crippen LogP contribution >= 0.6 is 50.3 Å². The standard InChI is InChI=1S/C18H13BrINO3S/c1-21-17(22)16(25-18(21)23)9-12-8-13(19)4-7-15(12)24-10-11-2-5-14(20)6-3-11/h2-9H,10H2,1H3/b16-9-. The summed E-state index contributed by atoms with van der Waals surface area (Å²) in [7, 11) is 1.48. The number of likely N-dealkylation sites (N-methyl/N-ethyl adjacent to an activating group) is 1. The minimum absolute atomic E-state index is 0.271. The van der Waals surface area contributed by atoms with E-state index in [1.54, 1.807) is 6.08 Å². The number of hydrogen-bond donors (Lipinski definition) is 0. The first kappa shape index (κ1) is 18.5. The van der Waals surface area contributed by atoms with Crippen molar-refractivity contribution in [2.24, 2.45) is 0 Å². The van der Waals surface area contributed by atoms with Gasteiger partial charge in [0, 0.05) is 20.7 Å². The van der Waals surface area contributed by atoms with Gasteiger partial charge in [0.1, 0.15) is 12.4 Å². The molecule has 0 spiro atoms.